The molecule has 1 aromatic carbocycles. The van der Waals surface area contributed by atoms with Crippen LogP contribution < -0.4 is 4.74 Å². The number of hydrogen-bond acceptors (Lipinski definition) is 5. The molecule has 1 aliphatic rings. The summed E-state index contributed by atoms with van der Waals surface area (Å²) in [5.41, 5.74) is 2.41. The topological polar surface area (TPSA) is 63.0 Å². The summed E-state index contributed by atoms with van der Waals surface area (Å²) in [6, 6.07) is 7.42. The van der Waals surface area contributed by atoms with E-state index in [2.05, 4.69) is 11.1 Å². The van der Waals surface area contributed by atoms with Crippen molar-refractivity contribution in [3.05, 3.63) is 45.4 Å². The molecule has 5 heteroatoms. The predicted octanol–water partition coefficient (Wildman–Crippen LogP) is 2.88. The zero-order chi connectivity index (χ0) is 14.1. The summed E-state index contributed by atoms with van der Waals surface area (Å²) < 4.78 is 5.42. The van der Waals surface area contributed by atoms with Crippen LogP contribution in [0.2, 0.25) is 0 Å². The summed E-state index contributed by atoms with van der Waals surface area (Å²) in [6.45, 7) is 2.51. The van der Waals surface area contributed by atoms with Gasteiger partial charge in [-0.3, -0.25) is 4.79 Å². The lowest BCUT2D eigenvalue weighted by molar-refractivity contribution is 0.0978. The maximum atomic E-state index is 12.5. The first-order valence-electron chi connectivity index (χ1n) is 6.30. The van der Waals surface area contributed by atoms with Gasteiger partial charge >= 0.3 is 0 Å². The van der Waals surface area contributed by atoms with Crippen LogP contribution in [0.4, 0.5) is 0 Å². The number of nitrogens with zero attached hydrogens (tertiary/aromatic N) is 2. The van der Waals surface area contributed by atoms with E-state index >= 15 is 0 Å². The highest BCUT2D eigenvalue weighted by Gasteiger charge is 2.26. The molecule has 3 rings (SSSR count). The number of carbonyl (C=O) groups is 1. The smallest absolute Gasteiger partial charge is 0.186 e. The Bertz CT molecular complexity index is 715. The highest BCUT2D eigenvalue weighted by atomic mass is 32.1. The van der Waals surface area contributed by atoms with Crippen LogP contribution in [0.15, 0.2) is 23.6 Å². The van der Waals surface area contributed by atoms with Crippen molar-refractivity contribution in [2.75, 3.05) is 6.61 Å². The van der Waals surface area contributed by atoms with Crippen molar-refractivity contribution in [2.45, 2.75) is 19.3 Å². The Morgan fingerprint density at radius 2 is 2.40 bits per heavy atom. The molecule has 0 bridgehead atoms. The van der Waals surface area contributed by atoms with E-state index in [4.69, 9.17) is 4.74 Å². The first kappa shape index (κ1) is 12.8. The minimum atomic E-state index is -0.825. The largest absolute Gasteiger partial charge is 0.493 e. The molecule has 0 amide bonds. The molecule has 0 N–H and O–H groups in total. The number of Topliss-reactive ketones (excluding diaryl/α,β-unsaturated/α-hetero) is 1. The van der Waals surface area contributed by atoms with E-state index in [1.54, 1.807) is 12.1 Å². The molecule has 100 valence electrons. The van der Waals surface area contributed by atoms with E-state index < -0.39 is 5.92 Å². The van der Waals surface area contributed by atoms with Gasteiger partial charge in [0.15, 0.2) is 11.7 Å². The summed E-state index contributed by atoms with van der Waals surface area (Å²) in [4.78, 5) is 16.7. The molecule has 0 aliphatic carbocycles. The zero-order valence-electron chi connectivity index (χ0n) is 10.9. The molecule has 1 aromatic heterocycles. The summed E-state index contributed by atoms with van der Waals surface area (Å²) in [5.74, 6) is -0.189. The molecule has 1 aliphatic heterocycles. The number of aryl methyl sites for hydroxylation is 1. The van der Waals surface area contributed by atoms with Gasteiger partial charge in [0.1, 0.15) is 10.8 Å². The van der Waals surface area contributed by atoms with Crippen molar-refractivity contribution in [1.82, 2.24) is 4.98 Å². The van der Waals surface area contributed by atoms with E-state index in [1.165, 1.54) is 11.3 Å². The molecule has 4 nitrogen and oxygen atoms in total. The van der Waals surface area contributed by atoms with Crippen LogP contribution in [0, 0.1) is 18.3 Å². The van der Waals surface area contributed by atoms with Crippen molar-refractivity contribution < 1.29 is 9.53 Å². The number of fused-ring (bicyclic) bond motifs is 1. The quantitative estimate of drug-likeness (QED) is 0.813. The molecule has 0 saturated heterocycles. The minimum absolute atomic E-state index is 0.198. The third kappa shape index (κ3) is 2.19. The highest BCUT2D eigenvalue weighted by molar-refractivity contribution is 7.10. The number of rotatable bonds is 3. The van der Waals surface area contributed by atoms with Gasteiger partial charge in [0.25, 0.3) is 0 Å². The number of benzene rings is 1. The fourth-order valence-corrected chi connectivity index (χ4v) is 3.07. The molecule has 0 fully saturated rings. The Morgan fingerprint density at radius 1 is 1.55 bits per heavy atom. The third-order valence-electron chi connectivity index (χ3n) is 3.25. The number of nitriles is 1. The van der Waals surface area contributed by atoms with Crippen LogP contribution in [0.1, 0.15) is 32.5 Å². The zero-order valence-corrected chi connectivity index (χ0v) is 11.7. The van der Waals surface area contributed by atoms with Crippen LogP contribution in [0.25, 0.3) is 0 Å². The van der Waals surface area contributed by atoms with Gasteiger partial charge in [-0.1, -0.05) is 0 Å². The summed E-state index contributed by atoms with van der Waals surface area (Å²) in [7, 11) is 0. The number of ketones is 1. The molecule has 0 radical (unpaired) electrons. The van der Waals surface area contributed by atoms with E-state index in [9.17, 15) is 10.1 Å². The second-order valence-electron chi connectivity index (χ2n) is 4.67. The van der Waals surface area contributed by atoms with E-state index in [0.29, 0.717) is 17.2 Å². The molecule has 2 heterocycles. The van der Waals surface area contributed by atoms with Crippen LogP contribution >= 0.6 is 11.3 Å². The van der Waals surface area contributed by atoms with Crippen LogP contribution in [0.5, 0.6) is 5.75 Å². The molecular formula is C15H12N2O2S. The summed E-state index contributed by atoms with van der Waals surface area (Å²) in [6.07, 6.45) is 0.810. The minimum Gasteiger partial charge on any atom is -0.493 e. The van der Waals surface area contributed by atoms with Gasteiger partial charge in [-0.2, -0.15) is 5.26 Å². The average molecular weight is 284 g/mol. The van der Waals surface area contributed by atoms with Crippen molar-refractivity contribution in [2.24, 2.45) is 0 Å². The predicted molar refractivity (Wildman–Crippen MR) is 75.2 cm³/mol. The van der Waals surface area contributed by atoms with Gasteiger partial charge in [-0.25, -0.2) is 4.98 Å². The fraction of sp³-hybridized carbons (Fsp3) is 0.267. The van der Waals surface area contributed by atoms with Crippen molar-refractivity contribution in [3.63, 3.8) is 0 Å². The van der Waals surface area contributed by atoms with Crippen molar-refractivity contribution >= 4 is 17.1 Å². The Kier molecular flexibility index (Phi) is 3.25. The maximum absolute atomic E-state index is 12.5. The summed E-state index contributed by atoms with van der Waals surface area (Å²) in [5, 5.41) is 11.7. The molecule has 0 spiro atoms. The molecular weight excluding hydrogens is 272 g/mol. The maximum Gasteiger partial charge on any atom is 0.186 e. The lowest BCUT2D eigenvalue weighted by Crippen LogP contribution is -2.11. The second-order valence-corrected chi connectivity index (χ2v) is 5.56. The Labute approximate surface area is 120 Å². The van der Waals surface area contributed by atoms with Gasteiger partial charge < -0.3 is 4.74 Å². The van der Waals surface area contributed by atoms with E-state index in [-0.39, 0.29) is 5.78 Å². The fourth-order valence-electron chi connectivity index (χ4n) is 2.24. The first-order valence-corrected chi connectivity index (χ1v) is 7.18. The number of aromatic nitrogens is 1. The van der Waals surface area contributed by atoms with Gasteiger partial charge in [0.2, 0.25) is 0 Å². The second kappa shape index (κ2) is 5.06. The molecule has 2 aromatic rings. The Balaban J connectivity index is 1.93. The van der Waals surface area contributed by atoms with Crippen LogP contribution in [-0.4, -0.2) is 17.4 Å². The van der Waals surface area contributed by atoms with Crippen molar-refractivity contribution in [3.8, 4) is 11.8 Å². The Hall–Kier alpha value is -2.19. The molecule has 1 unspecified atom stereocenters. The van der Waals surface area contributed by atoms with E-state index in [0.717, 1.165) is 23.4 Å². The van der Waals surface area contributed by atoms with E-state index in [1.807, 2.05) is 18.4 Å². The SMILES string of the molecule is Cc1csc(C(C#N)C(=O)c2ccc3c(c2)CCO3)n1. The standard InChI is InChI=1S/C15H12N2O2S/c1-9-8-20-15(17-9)12(7-16)14(18)11-2-3-13-10(6-11)4-5-19-13/h2-3,6,8,12H,4-5H2,1H3. The Morgan fingerprint density at radius 3 is 3.10 bits per heavy atom. The van der Waals surface area contributed by atoms with Gasteiger partial charge in [0.05, 0.1) is 12.7 Å². The molecule has 1 atom stereocenters. The normalized spacial score (nSPS) is 14.2. The van der Waals surface area contributed by atoms with Crippen LogP contribution in [-0.2, 0) is 6.42 Å². The lowest BCUT2D eigenvalue weighted by atomic mass is 9.97. The number of ether oxygens (including phenoxy) is 1. The summed E-state index contributed by atoms with van der Waals surface area (Å²) >= 11 is 1.35. The van der Waals surface area contributed by atoms with Gasteiger partial charge in [0, 0.05) is 23.1 Å². The van der Waals surface area contributed by atoms with Gasteiger partial charge in [-0.05, 0) is 30.7 Å². The monoisotopic (exact) mass is 284 g/mol. The molecule has 0 saturated carbocycles. The third-order valence-corrected chi connectivity index (χ3v) is 4.28. The number of thiazole rings is 1. The number of carbonyl (C=O) groups excluding carboxylic acids is 1. The van der Waals surface area contributed by atoms with Crippen LogP contribution in [0.3, 0.4) is 0 Å². The lowest BCUT2D eigenvalue weighted by Gasteiger charge is -2.06. The van der Waals surface area contributed by atoms with Gasteiger partial charge in [-0.15, -0.1) is 11.3 Å². The average Bonchev–Trinajstić information content (AvgIpc) is 3.07. The number of hydrogen-bond donors (Lipinski definition) is 0. The first-order chi connectivity index (χ1) is 9.69. The highest BCUT2D eigenvalue weighted by Crippen LogP contribution is 2.29. The van der Waals surface area contributed by atoms with Crippen molar-refractivity contribution in [1.29, 1.82) is 5.26 Å². The molecule has 20 heavy (non-hydrogen) atoms.